The molecule has 3 heteroatoms. The van der Waals surface area contributed by atoms with Crippen molar-refractivity contribution in [1.82, 2.24) is 4.98 Å². The lowest BCUT2D eigenvalue weighted by Gasteiger charge is -2.00. The van der Waals surface area contributed by atoms with Gasteiger partial charge in [0.15, 0.2) is 0 Å². The smallest absolute Gasteiger partial charge is 0.0701 e. The number of hydrogen-bond donors (Lipinski definition) is 1. The lowest BCUT2D eigenvalue weighted by molar-refractivity contribution is 0.618. The van der Waals surface area contributed by atoms with Crippen LogP contribution in [0.25, 0.3) is 11.3 Å². The van der Waals surface area contributed by atoms with Gasteiger partial charge >= 0.3 is 0 Å². The van der Waals surface area contributed by atoms with Crippen LogP contribution in [0.2, 0.25) is 0 Å². The van der Waals surface area contributed by atoms with Gasteiger partial charge in [0.25, 0.3) is 0 Å². The van der Waals surface area contributed by atoms with E-state index in [-0.39, 0.29) is 0 Å². The number of pyridine rings is 1. The highest BCUT2D eigenvalue weighted by Crippen LogP contribution is 2.18. The Morgan fingerprint density at radius 3 is 2.36 bits per heavy atom. The van der Waals surface area contributed by atoms with Crippen molar-refractivity contribution in [2.24, 2.45) is 0 Å². The van der Waals surface area contributed by atoms with E-state index in [1.54, 1.807) is 23.9 Å². The zero-order valence-corrected chi connectivity index (χ0v) is 7.44. The Balaban J connectivity index is 2.34. The summed E-state index contributed by atoms with van der Waals surface area (Å²) in [5, 5.41) is 0. The van der Waals surface area contributed by atoms with Crippen molar-refractivity contribution in [3.05, 3.63) is 48.7 Å². The van der Waals surface area contributed by atoms with Crippen LogP contribution >= 0.6 is 0 Å². The Labute approximate surface area is 81.4 Å². The summed E-state index contributed by atoms with van der Waals surface area (Å²) in [6.45, 7) is 0. The van der Waals surface area contributed by atoms with Gasteiger partial charge in [-0.05, 0) is 24.3 Å². The summed E-state index contributed by atoms with van der Waals surface area (Å²) in [5.41, 5.74) is 3.90. The molecule has 0 radical (unpaired) electrons. The maximum Gasteiger partial charge on any atom is 0.0701 e. The van der Waals surface area contributed by atoms with Crippen LogP contribution in [0.5, 0.6) is 0 Å². The van der Waals surface area contributed by atoms with Crippen LogP contribution in [0.3, 0.4) is 0 Å². The molecule has 0 bridgehead atoms. The van der Waals surface area contributed by atoms with E-state index in [1.165, 1.54) is 0 Å². The van der Waals surface area contributed by atoms with Crippen molar-refractivity contribution in [1.29, 1.82) is 0 Å². The molecule has 1 heterocycles. The van der Waals surface area contributed by atoms with E-state index >= 15 is 0 Å². The molecule has 14 heavy (non-hydrogen) atoms. The molecule has 0 atom stereocenters. The largest absolute Gasteiger partial charge is 0.256 e. The third-order valence-electron chi connectivity index (χ3n) is 1.95. The normalized spacial score (nSPS) is 9.79. The third kappa shape index (κ3) is 1.71. The van der Waals surface area contributed by atoms with Gasteiger partial charge in [0.05, 0.1) is 11.4 Å². The van der Waals surface area contributed by atoms with E-state index in [2.05, 4.69) is 4.98 Å². The van der Waals surface area contributed by atoms with Gasteiger partial charge in [-0.1, -0.05) is 18.2 Å². The fourth-order valence-electron chi connectivity index (χ4n) is 1.24. The first-order chi connectivity index (χ1) is 6.90. The Hall–Kier alpha value is -1.90. The fraction of sp³-hybridized carbons (Fsp3) is 0. The van der Waals surface area contributed by atoms with Crippen molar-refractivity contribution >= 4 is 5.69 Å². The third-order valence-corrected chi connectivity index (χ3v) is 1.95. The number of hydrogen-bond acceptors (Lipinski definition) is 2. The van der Waals surface area contributed by atoms with Crippen LogP contribution in [0.15, 0.2) is 48.7 Å². The van der Waals surface area contributed by atoms with Crippen molar-refractivity contribution < 1.29 is 4.48 Å². The summed E-state index contributed by atoms with van der Waals surface area (Å²) in [6, 6.07) is 12.7. The van der Waals surface area contributed by atoms with Crippen LogP contribution in [0, 0.1) is 0 Å². The fourth-order valence-corrected chi connectivity index (χ4v) is 1.24. The minimum atomic E-state index is 0.449. The molecule has 0 spiro atoms. The van der Waals surface area contributed by atoms with Crippen molar-refractivity contribution in [2.45, 2.75) is 0 Å². The zero-order chi connectivity index (χ0) is 9.80. The molecular weight excluding hydrogens is 179 g/mol. The molecule has 2 rings (SSSR count). The number of rotatable bonds is 2. The van der Waals surface area contributed by atoms with Crippen molar-refractivity contribution in [2.75, 3.05) is 5.54 Å². The maximum absolute atomic E-state index is 12.0. The number of nitrogens with one attached hydrogen (secondary N) is 1. The van der Waals surface area contributed by atoms with Crippen LogP contribution in [0.1, 0.15) is 0 Å². The molecule has 1 aromatic carbocycles. The lowest BCUT2D eigenvalue weighted by Crippen LogP contribution is -1.83. The standard InChI is InChI=1S/C11H9FN2/c12-14-10-6-4-9(5-7-10)11-3-1-2-8-13-11/h1-8,14H. The Morgan fingerprint density at radius 2 is 1.79 bits per heavy atom. The predicted molar refractivity (Wildman–Crippen MR) is 54.4 cm³/mol. The van der Waals surface area contributed by atoms with Crippen LogP contribution in [-0.4, -0.2) is 4.98 Å². The van der Waals surface area contributed by atoms with Gasteiger partial charge in [0.2, 0.25) is 0 Å². The molecule has 0 saturated carbocycles. The molecule has 0 saturated heterocycles. The Kier molecular flexibility index (Phi) is 2.40. The topological polar surface area (TPSA) is 24.9 Å². The van der Waals surface area contributed by atoms with E-state index in [1.807, 2.05) is 30.3 Å². The van der Waals surface area contributed by atoms with Gasteiger partial charge in [-0.2, -0.15) is 0 Å². The molecule has 0 aliphatic rings. The Morgan fingerprint density at radius 1 is 1.00 bits per heavy atom. The molecule has 1 N–H and O–H groups in total. The average Bonchev–Trinajstić information content (AvgIpc) is 2.30. The number of nitrogens with zero attached hydrogens (tertiary/aromatic N) is 1. The first-order valence-corrected chi connectivity index (χ1v) is 4.28. The second-order valence-corrected chi connectivity index (χ2v) is 2.89. The molecule has 0 aliphatic carbocycles. The molecule has 1 aromatic heterocycles. The summed E-state index contributed by atoms with van der Waals surface area (Å²) in [5.74, 6) is 0. The van der Waals surface area contributed by atoms with Crippen LogP contribution in [-0.2, 0) is 0 Å². The number of aromatic nitrogens is 1. The van der Waals surface area contributed by atoms with Crippen LogP contribution in [0.4, 0.5) is 10.2 Å². The maximum atomic E-state index is 12.0. The quantitative estimate of drug-likeness (QED) is 0.732. The predicted octanol–water partition coefficient (Wildman–Crippen LogP) is 3.05. The zero-order valence-electron chi connectivity index (χ0n) is 7.44. The number of anilines is 1. The Bertz CT molecular complexity index is 397. The minimum absolute atomic E-state index is 0.449. The first kappa shape index (κ1) is 8.69. The lowest BCUT2D eigenvalue weighted by atomic mass is 10.1. The van der Waals surface area contributed by atoms with E-state index in [0.29, 0.717) is 5.69 Å². The second-order valence-electron chi connectivity index (χ2n) is 2.89. The first-order valence-electron chi connectivity index (χ1n) is 4.28. The summed E-state index contributed by atoms with van der Waals surface area (Å²) in [7, 11) is 0. The summed E-state index contributed by atoms with van der Waals surface area (Å²) in [4.78, 5) is 4.19. The average molecular weight is 188 g/mol. The monoisotopic (exact) mass is 188 g/mol. The van der Waals surface area contributed by atoms with Gasteiger partial charge in [-0.25, -0.2) is 5.54 Å². The van der Waals surface area contributed by atoms with E-state index < -0.39 is 0 Å². The van der Waals surface area contributed by atoms with Gasteiger partial charge in [-0.15, -0.1) is 4.48 Å². The molecule has 70 valence electrons. The van der Waals surface area contributed by atoms with Crippen LogP contribution < -0.4 is 5.54 Å². The van der Waals surface area contributed by atoms with E-state index in [4.69, 9.17) is 0 Å². The van der Waals surface area contributed by atoms with Crippen molar-refractivity contribution in [3.8, 4) is 11.3 Å². The highest BCUT2D eigenvalue weighted by molar-refractivity contribution is 5.61. The molecule has 0 fully saturated rings. The number of halogens is 1. The van der Waals surface area contributed by atoms with Crippen molar-refractivity contribution in [3.63, 3.8) is 0 Å². The summed E-state index contributed by atoms with van der Waals surface area (Å²) >= 11 is 0. The number of benzene rings is 1. The van der Waals surface area contributed by atoms with Gasteiger partial charge < -0.3 is 0 Å². The summed E-state index contributed by atoms with van der Waals surface area (Å²) < 4.78 is 12.0. The molecule has 2 nitrogen and oxygen atoms in total. The minimum Gasteiger partial charge on any atom is -0.256 e. The summed E-state index contributed by atoms with van der Waals surface area (Å²) in [6.07, 6.45) is 1.73. The van der Waals surface area contributed by atoms with E-state index in [9.17, 15) is 4.48 Å². The van der Waals surface area contributed by atoms with Gasteiger partial charge in [0.1, 0.15) is 0 Å². The van der Waals surface area contributed by atoms with Gasteiger partial charge in [-0.3, -0.25) is 4.98 Å². The molecule has 2 aromatic rings. The molecular formula is C11H9FN2. The highest BCUT2D eigenvalue weighted by atomic mass is 19.2. The molecule has 0 aliphatic heterocycles. The SMILES string of the molecule is FNc1ccc(-c2ccccn2)cc1. The highest BCUT2D eigenvalue weighted by Gasteiger charge is 1.97. The van der Waals surface area contributed by atoms with Gasteiger partial charge in [0, 0.05) is 11.8 Å². The molecule has 0 unspecified atom stereocenters. The van der Waals surface area contributed by atoms with E-state index in [0.717, 1.165) is 11.3 Å². The second kappa shape index (κ2) is 3.87. The molecule has 0 amide bonds.